The van der Waals surface area contributed by atoms with E-state index in [1.165, 1.54) is 6.26 Å². The first-order valence-electron chi connectivity index (χ1n) is 8.03. The number of nitrogens with zero attached hydrogens (tertiary/aromatic N) is 1. The molecular weight excluding hydrogens is 336 g/mol. The Morgan fingerprint density at radius 3 is 2.16 bits per heavy atom. The molecule has 1 N–H and O–H groups in total. The number of hydrogen-bond donors (Lipinski definition) is 1. The first-order valence-corrected chi connectivity index (χ1v) is 9.93. The Labute approximate surface area is 149 Å². The van der Waals surface area contributed by atoms with Crippen LogP contribution < -0.4 is 5.32 Å². The van der Waals surface area contributed by atoms with Crippen LogP contribution in [0.1, 0.15) is 24.1 Å². The van der Waals surface area contributed by atoms with Gasteiger partial charge in [0.1, 0.15) is 0 Å². The molecule has 1 unspecified atom stereocenters. The number of anilines is 1. The van der Waals surface area contributed by atoms with E-state index in [4.69, 9.17) is 0 Å². The molecule has 2 aromatic carbocycles. The third kappa shape index (κ3) is 5.41. The number of carbonyl (C=O) groups is 1. The number of rotatable bonds is 6. The van der Waals surface area contributed by atoms with E-state index in [9.17, 15) is 13.2 Å². The van der Waals surface area contributed by atoms with E-state index < -0.39 is 9.84 Å². The van der Waals surface area contributed by atoms with Gasteiger partial charge in [0, 0.05) is 18.0 Å². The molecule has 2 rings (SSSR count). The fraction of sp³-hybridized carbons (Fsp3) is 0.316. The minimum atomic E-state index is -3.20. The summed E-state index contributed by atoms with van der Waals surface area (Å²) in [5.74, 6) is -0.0917. The number of hydrogen-bond acceptors (Lipinski definition) is 4. The second-order valence-electron chi connectivity index (χ2n) is 6.35. The summed E-state index contributed by atoms with van der Waals surface area (Å²) in [6.45, 7) is 4.22. The van der Waals surface area contributed by atoms with Crippen molar-refractivity contribution in [2.75, 3.05) is 25.2 Å². The molecule has 1 amide bonds. The lowest BCUT2D eigenvalue weighted by Gasteiger charge is -2.24. The lowest BCUT2D eigenvalue weighted by molar-refractivity contribution is -0.117. The predicted octanol–water partition coefficient (Wildman–Crippen LogP) is 3.03. The molecule has 0 radical (unpaired) electrons. The van der Waals surface area contributed by atoms with Gasteiger partial charge in [-0.1, -0.05) is 29.8 Å². The Bertz CT molecular complexity index is 828. The lowest BCUT2D eigenvalue weighted by Crippen LogP contribution is -2.32. The topological polar surface area (TPSA) is 66.5 Å². The zero-order valence-electron chi connectivity index (χ0n) is 15.0. The van der Waals surface area contributed by atoms with Gasteiger partial charge in [0.2, 0.25) is 5.91 Å². The van der Waals surface area contributed by atoms with Gasteiger partial charge in [0.15, 0.2) is 9.84 Å². The van der Waals surface area contributed by atoms with E-state index in [0.29, 0.717) is 4.90 Å². The van der Waals surface area contributed by atoms with Crippen LogP contribution in [-0.2, 0) is 14.6 Å². The van der Waals surface area contributed by atoms with Gasteiger partial charge in [0.25, 0.3) is 0 Å². The molecule has 0 aliphatic carbocycles. The summed E-state index contributed by atoms with van der Waals surface area (Å²) in [7, 11) is -1.34. The second kappa shape index (κ2) is 7.80. The van der Waals surface area contributed by atoms with Crippen molar-refractivity contribution in [2.24, 2.45) is 0 Å². The highest BCUT2D eigenvalue weighted by molar-refractivity contribution is 7.90. The average Bonchev–Trinajstić information content (AvgIpc) is 2.55. The highest BCUT2D eigenvalue weighted by Gasteiger charge is 2.16. The second-order valence-corrected chi connectivity index (χ2v) is 8.36. The van der Waals surface area contributed by atoms with Gasteiger partial charge in [-0.15, -0.1) is 0 Å². The van der Waals surface area contributed by atoms with E-state index in [1.54, 1.807) is 24.3 Å². The van der Waals surface area contributed by atoms with Crippen LogP contribution in [0.25, 0.3) is 0 Å². The highest BCUT2D eigenvalue weighted by atomic mass is 32.2. The van der Waals surface area contributed by atoms with Crippen LogP contribution in [0.2, 0.25) is 0 Å². The molecule has 0 saturated heterocycles. The van der Waals surface area contributed by atoms with Crippen LogP contribution in [0.15, 0.2) is 53.4 Å². The smallest absolute Gasteiger partial charge is 0.238 e. The van der Waals surface area contributed by atoms with Crippen LogP contribution in [0.5, 0.6) is 0 Å². The molecule has 0 heterocycles. The van der Waals surface area contributed by atoms with Gasteiger partial charge in [-0.25, -0.2) is 8.42 Å². The zero-order chi connectivity index (χ0) is 18.6. The van der Waals surface area contributed by atoms with E-state index in [0.717, 1.165) is 16.8 Å². The van der Waals surface area contributed by atoms with Gasteiger partial charge in [0.05, 0.1) is 11.4 Å². The monoisotopic (exact) mass is 360 g/mol. The number of sulfone groups is 1. The Morgan fingerprint density at radius 2 is 1.64 bits per heavy atom. The Hall–Kier alpha value is -2.18. The summed E-state index contributed by atoms with van der Waals surface area (Å²) >= 11 is 0. The molecule has 5 nitrogen and oxygen atoms in total. The summed E-state index contributed by atoms with van der Waals surface area (Å²) in [5, 5.41) is 2.88. The van der Waals surface area contributed by atoms with E-state index in [1.807, 2.05) is 50.1 Å². The van der Waals surface area contributed by atoms with Gasteiger partial charge in [-0.3, -0.25) is 9.69 Å². The Morgan fingerprint density at radius 1 is 1.08 bits per heavy atom. The first-order chi connectivity index (χ1) is 11.7. The number of benzene rings is 2. The van der Waals surface area contributed by atoms with Gasteiger partial charge in [-0.2, -0.15) is 0 Å². The largest absolute Gasteiger partial charge is 0.325 e. The van der Waals surface area contributed by atoms with E-state index >= 15 is 0 Å². The minimum Gasteiger partial charge on any atom is -0.325 e. The number of nitrogens with one attached hydrogen (secondary N) is 1. The zero-order valence-corrected chi connectivity index (χ0v) is 15.8. The molecule has 0 saturated carbocycles. The maximum absolute atomic E-state index is 12.2. The fourth-order valence-corrected chi connectivity index (χ4v) is 3.08. The molecule has 134 valence electrons. The van der Waals surface area contributed by atoms with Gasteiger partial charge < -0.3 is 5.32 Å². The van der Waals surface area contributed by atoms with Crippen molar-refractivity contribution < 1.29 is 13.2 Å². The minimum absolute atomic E-state index is 0.0163. The SMILES string of the molecule is Cc1ccc(NC(=O)CN(C)C(C)c2ccc(S(C)(=O)=O)cc2)cc1. The third-order valence-corrected chi connectivity index (χ3v) is 5.31. The molecule has 1 atom stereocenters. The maximum atomic E-state index is 12.2. The van der Waals surface area contributed by atoms with E-state index in [2.05, 4.69) is 5.32 Å². The molecule has 0 aromatic heterocycles. The summed E-state index contributed by atoms with van der Waals surface area (Å²) in [6.07, 6.45) is 1.19. The van der Waals surface area contributed by atoms with Crippen LogP contribution in [0.3, 0.4) is 0 Å². The Kier molecular flexibility index (Phi) is 5.98. The van der Waals surface area contributed by atoms with Crippen molar-refractivity contribution in [3.05, 3.63) is 59.7 Å². The predicted molar refractivity (Wildman–Crippen MR) is 100 cm³/mol. The van der Waals surface area contributed by atoms with Crippen molar-refractivity contribution in [3.8, 4) is 0 Å². The average molecular weight is 360 g/mol. The standard InChI is InChI=1S/C19H24N2O3S/c1-14-5-9-17(10-6-14)20-19(22)13-21(3)15(2)16-7-11-18(12-8-16)25(4,23)24/h5-12,15H,13H2,1-4H3,(H,20,22). The van der Waals surface area contributed by atoms with E-state index in [-0.39, 0.29) is 18.5 Å². The molecule has 25 heavy (non-hydrogen) atoms. The molecule has 6 heteroatoms. The van der Waals surface area contributed by atoms with Gasteiger partial charge in [-0.05, 0) is 50.7 Å². The molecule has 2 aromatic rings. The van der Waals surface area contributed by atoms with Crippen LogP contribution in [-0.4, -0.2) is 39.1 Å². The molecular formula is C19H24N2O3S. The quantitative estimate of drug-likeness (QED) is 0.860. The van der Waals surface area contributed by atoms with Crippen molar-refractivity contribution in [2.45, 2.75) is 24.8 Å². The van der Waals surface area contributed by atoms with Gasteiger partial charge >= 0.3 is 0 Å². The number of likely N-dealkylation sites (N-methyl/N-ethyl adjacent to an activating group) is 1. The molecule has 0 bridgehead atoms. The highest BCUT2D eigenvalue weighted by Crippen LogP contribution is 2.20. The summed E-state index contributed by atoms with van der Waals surface area (Å²) in [5.41, 5.74) is 2.87. The summed E-state index contributed by atoms with van der Waals surface area (Å²) in [4.78, 5) is 14.4. The van der Waals surface area contributed by atoms with Crippen LogP contribution in [0, 0.1) is 6.92 Å². The fourth-order valence-electron chi connectivity index (χ4n) is 2.45. The Balaban J connectivity index is 1.98. The van der Waals surface area contributed by atoms with Crippen molar-refractivity contribution in [3.63, 3.8) is 0 Å². The summed E-state index contributed by atoms with van der Waals surface area (Å²) < 4.78 is 23.0. The molecule has 0 fully saturated rings. The maximum Gasteiger partial charge on any atom is 0.238 e. The molecule has 0 aliphatic heterocycles. The van der Waals surface area contributed by atoms with Crippen molar-refractivity contribution in [1.82, 2.24) is 4.90 Å². The third-order valence-electron chi connectivity index (χ3n) is 4.18. The van der Waals surface area contributed by atoms with Crippen LogP contribution >= 0.6 is 0 Å². The number of aryl methyl sites for hydroxylation is 1. The van der Waals surface area contributed by atoms with Crippen molar-refractivity contribution >= 4 is 21.4 Å². The molecule has 0 aliphatic rings. The van der Waals surface area contributed by atoms with Crippen LogP contribution in [0.4, 0.5) is 5.69 Å². The first kappa shape index (κ1) is 19.1. The molecule has 0 spiro atoms. The summed E-state index contributed by atoms with van der Waals surface area (Å²) in [6, 6.07) is 14.4. The lowest BCUT2D eigenvalue weighted by atomic mass is 10.1. The number of amides is 1. The van der Waals surface area contributed by atoms with Crippen molar-refractivity contribution in [1.29, 1.82) is 0 Å². The normalized spacial score (nSPS) is 12.8. The number of carbonyl (C=O) groups excluding carboxylic acids is 1.